The zero-order valence-electron chi connectivity index (χ0n) is 17.0. The summed E-state index contributed by atoms with van der Waals surface area (Å²) >= 11 is 6.21. The average Bonchev–Trinajstić information content (AvgIpc) is 2.60. The molecule has 1 N–H and O–H groups in total. The molecule has 27 heavy (non-hydrogen) atoms. The van der Waals surface area contributed by atoms with Gasteiger partial charge in [0.15, 0.2) is 0 Å². The lowest BCUT2D eigenvalue weighted by atomic mass is 9.86. The van der Waals surface area contributed by atoms with Crippen LogP contribution in [0, 0.1) is 0 Å². The maximum absolute atomic E-state index is 6.21. The molecule has 1 heterocycles. The van der Waals surface area contributed by atoms with Crippen molar-refractivity contribution in [2.45, 2.75) is 52.4 Å². The maximum Gasteiger partial charge on any atom is 0.0960 e. The molecular formula is C23H28ClN3. The molecule has 0 aromatic heterocycles. The average molecular weight is 382 g/mol. The third-order valence-electron chi connectivity index (χ3n) is 4.80. The van der Waals surface area contributed by atoms with Gasteiger partial charge in [0.05, 0.1) is 23.2 Å². The molecule has 0 atom stereocenters. The summed E-state index contributed by atoms with van der Waals surface area (Å²) in [5, 5.41) is 4.40. The molecule has 0 saturated carbocycles. The number of hydrogen-bond acceptors (Lipinski definition) is 3. The van der Waals surface area contributed by atoms with Gasteiger partial charge in [-0.2, -0.15) is 0 Å². The molecule has 0 unspecified atom stereocenters. The van der Waals surface area contributed by atoms with Crippen LogP contribution in [0.25, 0.3) is 5.70 Å². The third kappa shape index (κ3) is 4.54. The number of rotatable bonds is 2. The fourth-order valence-electron chi connectivity index (χ4n) is 3.00. The summed E-state index contributed by atoms with van der Waals surface area (Å²) < 4.78 is 1.25. The number of halogens is 1. The van der Waals surface area contributed by atoms with E-state index in [2.05, 4.69) is 101 Å². The van der Waals surface area contributed by atoms with Crippen LogP contribution in [0.15, 0.2) is 59.7 Å². The first-order valence-electron chi connectivity index (χ1n) is 9.29. The molecule has 0 saturated heterocycles. The molecule has 0 radical (unpaired) electrons. The SMILES string of the molecule is CC(C)(C)c1ccc(C2=CC(c3ccc(C(C)(C)C)cc3)=NN(Cl)N2)cc1. The molecule has 0 bridgehead atoms. The van der Waals surface area contributed by atoms with Crippen LogP contribution >= 0.6 is 11.8 Å². The predicted octanol–water partition coefficient (Wildman–Crippen LogP) is 6.00. The second kappa shape index (κ2) is 7.05. The molecule has 3 nitrogen and oxygen atoms in total. The Morgan fingerprint density at radius 3 is 1.63 bits per heavy atom. The van der Waals surface area contributed by atoms with Crippen molar-refractivity contribution >= 4 is 23.2 Å². The van der Waals surface area contributed by atoms with Gasteiger partial charge in [-0.1, -0.05) is 90.1 Å². The van der Waals surface area contributed by atoms with Gasteiger partial charge in [-0.3, -0.25) is 5.43 Å². The summed E-state index contributed by atoms with van der Waals surface area (Å²) in [6.07, 6.45) is 2.04. The quantitative estimate of drug-likeness (QED) is 0.646. The Kier molecular flexibility index (Phi) is 5.09. The minimum atomic E-state index is 0.128. The zero-order valence-corrected chi connectivity index (χ0v) is 17.7. The molecule has 0 aliphatic carbocycles. The number of benzene rings is 2. The van der Waals surface area contributed by atoms with E-state index in [-0.39, 0.29) is 10.8 Å². The highest BCUT2D eigenvalue weighted by Crippen LogP contribution is 2.26. The lowest BCUT2D eigenvalue weighted by Crippen LogP contribution is -2.29. The smallest absolute Gasteiger partial charge is 0.0960 e. The van der Waals surface area contributed by atoms with E-state index in [4.69, 9.17) is 11.8 Å². The third-order valence-corrected chi connectivity index (χ3v) is 4.96. The fraction of sp³-hybridized carbons (Fsp3) is 0.348. The van der Waals surface area contributed by atoms with Crippen molar-refractivity contribution in [3.63, 3.8) is 0 Å². The van der Waals surface area contributed by atoms with E-state index in [9.17, 15) is 0 Å². The Bertz CT molecular complexity index is 864. The number of hydrogen-bond donors (Lipinski definition) is 1. The van der Waals surface area contributed by atoms with Gasteiger partial charge in [0.1, 0.15) is 0 Å². The number of hydrazine groups is 1. The lowest BCUT2D eigenvalue weighted by molar-refractivity contribution is 0.423. The van der Waals surface area contributed by atoms with E-state index in [1.807, 2.05) is 6.08 Å². The molecule has 0 spiro atoms. The van der Waals surface area contributed by atoms with Gasteiger partial charge >= 0.3 is 0 Å². The Hall–Kier alpha value is -2.26. The maximum atomic E-state index is 6.21. The van der Waals surface area contributed by atoms with Gasteiger partial charge in [-0.25, -0.2) is 0 Å². The molecule has 2 aromatic carbocycles. The van der Waals surface area contributed by atoms with Crippen molar-refractivity contribution in [2.24, 2.45) is 5.10 Å². The van der Waals surface area contributed by atoms with E-state index in [0.717, 1.165) is 22.5 Å². The Morgan fingerprint density at radius 2 is 1.19 bits per heavy atom. The van der Waals surface area contributed by atoms with E-state index < -0.39 is 0 Å². The van der Waals surface area contributed by atoms with Gasteiger partial charge in [-0.05, 0) is 33.6 Å². The molecule has 1 aliphatic heterocycles. The second-order valence-corrected chi connectivity index (χ2v) is 9.39. The minimum absolute atomic E-state index is 0.128. The second-order valence-electron chi connectivity index (χ2n) is 9.07. The van der Waals surface area contributed by atoms with Gasteiger partial charge < -0.3 is 0 Å². The van der Waals surface area contributed by atoms with Crippen LogP contribution in [-0.2, 0) is 10.8 Å². The topological polar surface area (TPSA) is 27.6 Å². The van der Waals surface area contributed by atoms with Crippen LogP contribution in [0.4, 0.5) is 0 Å². The number of allylic oxidation sites excluding steroid dienone is 1. The molecule has 4 heteroatoms. The van der Waals surface area contributed by atoms with Gasteiger partial charge in [0.25, 0.3) is 0 Å². The van der Waals surface area contributed by atoms with Crippen LogP contribution in [0.3, 0.4) is 0 Å². The first kappa shape index (κ1) is 19.5. The van der Waals surface area contributed by atoms with Crippen molar-refractivity contribution in [2.75, 3.05) is 0 Å². The van der Waals surface area contributed by atoms with Crippen molar-refractivity contribution in [1.82, 2.24) is 10.1 Å². The number of nitrogens with zero attached hydrogens (tertiary/aromatic N) is 2. The summed E-state index contributed by atoms with van der Waals surface area (Å²) in [4.78, 5) is 0. The highest BCUT2D eigenvalue weighted by molar-refractivity contribution is 6.18. The highest BCUT2D eigenvalue weighted by Gasteiger charge is 2.18. The van der Waals surface area contributed by atoms with E-state index in [1.165, 1.54) is 15.8 Å². The molecule has 3 rings (SSSR count). The molecule has 142 valence electrons. The molecule has 1 aliphatic rings. The first-order chi connectivity index (χ1) is 12.5. The number of nitrogens with one attached hydrogen (secondary N) is 1. The Labute approximate surface area is 167 Å². The van der Waals surface area contributed by atoms with Crippen LogP contribution in [0.2, 0.25) is 0 Å². The number of hydrazone groups is 1. The van der Waals surface area contributed by atoms with Gasteiger partial charge in [0.2, 0.25) is 0 Å². The van der Waals surface area contributed by atoms with E-state index in [1.54, 1.807) is 0 Å². The van der Waals surface area contributed by atoms with Crippen molar-refractivity contribution < 1.29 is 0 Å². The van der Waals surface area contributed by atoms with Gasteiger partial charge in [-0.15, -0.1) is 9.74 Å². The molecule has 0 fully saturated rings. The van der Waals surface area contributed by atoms with E-state index >= 15 is 0 Å². The van der Waals surface area contributed by atoms with Crippen LogP contribution in [0.1, 0.15) is 63.8 Å². The summed E-state index contributed by atoms with van der Waals surface area (Å²) in [5.74, 6) is 0. The normalized spacial score (nSPS) is 15.1. The Morgan fingerprint density at radius 1 is 0.741 bits per heavy atom. The minimum Gasteiger partial charge on any atom is -0.266 e. The zero-order chi connectivity index (χ0) is 19.8. The highest BCUT2D eigenvalue weighted by atomic mass is 35.5. The van der Waals surface area contributed by atoms with Crippen LogP contribution in [-0.4, -0.2) is 10.3 Å². The first-order valence-corrected chi connectivity index (χ1v) is 9.62. The predicted molar refractivity (Wildman–Crippen MR) is 116 cm³/mol. The van der Waals surface area contributed by atoms with Gasteiger partial charge in [0, 0.05) is 5.56 Å². The standard InChI is InChI=1S/C23H28ClN3/c1-22(2,3)18-11-7-16(8-12-18)20-15-21(26-27(24)25-20)17-9-13-19(14-10-17)23(4,5)6/h7-15,25H,1-6H3. The lowest BCUT2D eigenvalue weighted by Gasteiger charge is -2.24. The molecule has 0 amide bonds. The summed E-state index contributed by atoms with van der Waals surface area (Å²) in [6.45, 7) is 13.3. The summed E-state index contributed by atoms with van der Waals surface area (Å²) in [5.41, 5.74) is 9.83. The molecular weight excluding hydrogens is 354 g/mol. The van der Waals surface area contributed by atoms with Crippen molar-refractivity contribution in [1.29, 1.82) is 0 Å². The molecule has 2 aromatic rings. The van der Waals surface area contributed by atoms with E-state index in [0.29, 0.717) is 0 Å². The Balaban J connectivity index is 1.90. The van der Waals surface area contributed by atoms with Crippen LogP contribution < -0.4 is 5.43 Å². The van der Waals surface area contributed by atoms with Crippen molar-refractivity contribution in [3.05, 3.63) is 76.9 Å². The largest absolute Gasteiger partial charge is 0.266 e. The monoisotopic (exact) mass is 381 g/mol. The van der Waals surface area contributed by atoms with Crippen molar-refractivity contribution in [3.8, 4) is 0 Å². The van der Waals surface area contributed by atoms with Crippen LogP contribution in [0.5, 0.6) is 0 Å². The fourth-order valence-corrected chi connectivity index (χ4v) is 3.17. The summed E-state index contributed by atoms with van der Waals surface area (Å²) in [6, 6.07) is 17.1. The summed E-state index contributed by atoms with van der Waals surface area (Å²) in [7, 11) is 0.